The molecule has 2 fully saturated rings. The van der Waals surface area contributed by atoms with Crippen molar-refractivity contribution in [2.24, 2.45) is 0 Å². The van der Waals surface area contributed by atoms with Gasteiger partial charge < -0.3 is 24.4 Å². The number of halogens is 2. The van der Waals surface area contributed by atoms with Crippen LogP contribution in [0.5, 0.6) is 11.5 Å². The van der Waals surface area contributed by atoms with E-state index in [1.807, 2.05) is 42.5 Å². The van der Waals surface area contributed by atoms with Gasteiger partial charge in [-0.05, 0) is 76.3 Å². The van der Waals surface area contributed by atoms with Gasteiger partial charge in [0.1, 0.15) is 13.2 Å². The molecule has 9 nitrogen and oxygen atoms in total. The molecule has 5 rings (SSSR count). The van der Waals surface area contributed by atoms with E-state index in [2.05, 4.69) is 32.8 Å². The van der Waals surface area contributed by atoms with Crippen LogP contribution in [0.2, 0.25) is 5.02 Å². The van der Waals surface area contributed by atoms with Crippen molar-refractivity contribution in [3.63, 3.8) is 0 Å². The number of anilines is 2. The lowest BCUT2D eigenvalue weighted by atomic mass is 10.1. The second-order valence-electron chi connectivity index (χ2n) is 9.35. The molecule has 12 heteroatoms. The van der Waals surface area contributed by atoms with Gasteiger partial charge in [0.25, 0.3) is 11.1 Å². The molecule has 0 radical (unpaired) electrons. The normalized spacial score (nSPS) is 16.2. The summed E-state index contributed by atoms with van der Waals surface area (Å²) in [5, 5.41) is 2.96. The Morgan fingerprint density at radius 3 is 2.62 bits per heavy atom. The second-order valence-corrected chi connectivity index (χ2v) is 11.9. The molecule has 42 heavy (non-hydrogen) atoms. The molecule has 0 unspecified atom stereocenters. The Morgan fingerprint density at radius 2 is 1.86 bits per heavy atom. The molecule has 0 aromatic heterocycles. The predicted octanol–water partition coefficient (Wildman–Crippen LogP) is 6.04. The molecule has 3 aromatic rings. The maximum atomic E-state index is 13.2. The molecule has 3 aromatic carbocycles. The van der Waals surface area contributed by atoms with E-state index in [9.17, 15) is 14.4 Å². The Balaban J connectivity index is 1.27. The van der Waals surface area contributed by atoms with E-state index in [0.717, 1.165) is 31.5 Å². The van der Waals surface area contributed by atoms with Crippen LogP contribution in [0.4, 0.5) is 16.2 Å². The Kier molecular flexibility index (Phi) is 9.93. The van der Waals surface area contributed by atoms with Crippen LogP contribution in [0, 0.1) is 3.57 Å². The van der Waals surface area contributed by atoms with Gasteiger partial charge >= 0.3 is 0 Å². The van der Waals surface area contributed by atoms with Crippen molar-refractivity contribution in [3.05, 3.63) is 85.3 Å². The first-order valence-corrected chi connectivity index (χ1v) is 15.3. The zero-order valence-corrected chi connectivity index (χ0v) is 26.3. The van der Waals surface area contributed by atoms with E-state index in [4.69, 9.17) is 25.8 Å². The average molecular weight is 720 g/mol. The molecule has 218 valence electrons. The van der Waals surface area contributed by atoms with Crippen LogP contribution in [0.15, 0.2) is 65.6 Å². The number of hydrogen-bond acceptors (Lipinski definition) is 8. The second kappa shape index (κ2) is 13.8. The summed E-state index contributed by atoms with van der Waals surface area (Å²) in [6, 6.07) is 18.4. The van der Waals surface area contributed by atoms with E-state index in [1.54, 1.807) is 24.3 Å². The van der Waals surface area contributed by atoms with Crippen molar-refractivity contribution < 1.29 is 28.6 Å². The fourth-order valence-corrected chi connectivity index (χ4v) is 6.32. The highest BCUT2D eigenvalue weighted by molar-refractivity contribution is 14.1. The first-order chi connectivity index (χ1) is 20.3. The maximum absolute atomic E-state index is 13.2. The minimum absolute atomic E-state index is 0.212. The molecule has 3 amide bonds. The maximum Gasteiger partial charge on any atom is 0.294 e. The number of nitrogens with one attached hydrogen (secondary N) is 1. The van der Waals surface area contributed by atoms with Crippen LogP contribution >= 0.6 is 46.0 Å². The summed E-state index contributed by atoms with van der Waals surface area (Å²) in [6.45, 7) is 2.49. The van der Waals surface area contributed by atoms with Crippen molar-refractivity contribution in [3.8, 4) is 11.5 Å². The molecule has 1 N–H and O–H groups in total. The average Bonchev–Trinajstić information content (AvgIpc) is 3.25. The highest BCUT2D eigenvalue weighted by Crippen LogP contribution is 2.38. The molecule has 2 heterocycles. The number of thioether (sulfide) groups is 1. The van der Waals surface area contributed by atoms with Gasteiger partial charge in [-0.2, -0.15) is 0 Å². The third-order valence-electron chi connectivity index (χ3n) is 6.58. The molecule has 0 aliphatic carbocycles. The molecule has 0 atom stereocenters. The van der Waals surface area contributed by atoms with E-state index in [1.165, 1.54) is 7.11 Å². The quantitative estimate of drug-likeness (QED) is 0.211. The largest absolute Gasteiger partial charge is 0.493 e. The van der Waals surface area contributed by atoms with Crippen molar-refractivity contribution in [1.29, 1.82) is 0 Å². The van der Waals surface area contributed by atoms with Crippen molar-refractivity contribution in [2.75, 3.05) is 50.2 Å². The van der Waals surface area contributed by atoms with Crippen molar-refractivity contribution in [1.82, 2.24) is 4.90 Å². The zero-order chi connectivity index (χ0) is 29.6. The van der Waals surface area contributed by atoms with Crippen LogP contribution in [-0.4, -0.2) is 61.9 Å². The van der Waals surface area contributed by atoms with Crippen LogP contribution in [-0.2, 0) is 20.9 Å². The van der Waals surface area contributed by atoms with Crippen LogP contribution in [0.3, 0.4) is 0 Å². The van der Waals surface area contributed by atoms with Crippen LogP contribution in [0.1, 0.15) is 11.1 Å². The zero-order valence-electron chi connectivity index (χ0n) is 22.6. The molecule has 0 saturated carbocycles. The fourth-order valence-electron chi connectivity index (χ4n) is 4.51. The highest BCUT2D eigenvalue weighted by atomic mass is 127. The number of benzene rings is 3. The van der Waals surface area contributed by atoms with Gasteiger partial charge in [0.15, 0.2) is 11.5 Å². The Labute approximate surface area is 266 Å². The van der Waals surface area contributed by atoms with Gasteiger partial charge in [0, 0.05) is 23.7 Å². The van der Waals surface area contributed by atoms with Gasteiger partial charge in [0.05, 0.1) is 40.2 Å². The standard InChI is InChI=1S/C30H27ClIN3O6S/c1-39-25-15-19(14-22(32)28(25)41-18-20-6-2-3-7-21(20)31)16-26-29(37)35(30(38)42-26)17-27(36)33-23-8-4-5-9-24(23)34-10-12-40-13-11-34/h2-9,14-16H,10-13,17-18H2,1H3,(H,33,36)/b26-16+. The number of ether oxygens (including phenoxy) is 3. The highest BCUT2D eigenvalue weighted by Gasteiger charge is 2.36. The number of rotatable bonds is 9. The first kappa shape index (κ1) is 30.2. The van der Waals surface area contributed by atoms with E-state index in [-0.39, 0.29) is 11.5 Å². The molecule has 0 spiro atoms. The summed E-state index contributed by atoms with van der Waals surface area (Å²) >= 11 is 9.18. The minimum Gasteiger partial charge on any atom is -0.493 e. The number of methoxy groups -OCH3 is 1. The summed E-state index contributed by atoms with van der Waals surface area (Å²) in [5.74, 6) is 0.0141. The molecule has 0 bridgehead atoms. The Hall–Kier alpha value is -3.26. The van der Waals surface area contributed by atoms with Crippen molar-refractivity contribution >= 4 is 80.5 Å². The monoisotopic (exact) mass is 719 g/mol. The number of imide groups is 1. The first-order valence-electron chi connectivity index (χ1n) is 13.0. The topological polar surface area (TPSA) is 97.4 Å². The predicted molar refractivity (Wildman–Crippen MR) is 172 cm³/mol. The SMILES string of the molecule is COc1cc(/C=C2/SC(=O)N(CC(=O)Nc3ccccc3N3CCOCC3)C2=O)cc(I)c1OCc1ccccc1Cl. The van der Waals surface area contributed by atoms with Crippen LogP contribution in [0.25, 0.3) is 6.08 Å². The third kappa shape index (κ3) is 7.02. The summed E-state index contributed by atoms with van der Waals surface area (Å²) in [4.78, 5) is 42.1. The number of nitrogens with zero attached hydrogens (tertiary/aromatic N) is 2. The molecule has 2 saturated heterocycles. The molecular weight excluding hydrogens is 693 g/mol. The van der Waals surface area contributed by atoms with Gasteiger partial charge in [-0.1, -0.05) is 41.9 Å². The number of carbonyl (C=O) groups is 3. The van der Waals surface area contributed by atoms with E-state index < -0.39 is 23.6 Å². The van der Waals surface area contributed by atoms with Gasteiger partial charge in [-0.25, -0.2) is 0 Å². The Bertz CT molecular complexity index is 1550. The van der Waals surface area contributed by atoms with Crippen molar-refractivity contribution in [2.45, 2.75) is 6.61 Å². The van der Waals surface area contributed by atoms with Gasteiger partial charge in [-0.3, -0.25) is 19.3 Å². The lowest BCUT2D eigenvalue weighted by Gasteiger charge is -2.30. The summed E-state index contributed by atoms with van der Waals surface area (Å²) in [5.41, 5.74) is 2.97. The smallest absolute Gasteiger partial charge is 0.294 e. The summed E-state index contributed by atoms with van der Waals surface area (Å²) in [6.07, 6.45) is 1.61. The van der Waals surface area contributed by atoms with Gasteiger partial charge in [0.2, 0.25) is 5.91 Å². The Morgan fingerprint density at radius 1 is 1.12 bits per heavy atom. The van der Waals surface area contributed by atoms with Gasteiger partial charge in [-0.15, -0.1) is 0 Å². The lowest BCUT2D eigenvalue weighted by molar-refractivity contribution is -0.127. The lowest BCUT2D eigenvalue weighted by Crippen LogP contribution is -2.38. The number of carbonyl (C=O) groups excluding carboxylic acids is 3. The molecule has 2 aliphatic heterocycles. The number of amides is 3. The number of morpholine rings is 1. The molecular formula is C30H27ClIN3O6S. The number of para-hydroxylation sites is 2. The fraction of sp³-hybridized carbons (Fsp3) is 0.233. The van der Waals surface area contributed by atoms with Crippen LogP contribution < -0.4 is 19.7 Å². The number of hydrogen-bond donors (Lipinski definition) is 1. The summed E-state index contributed by atoms with van der Waals surface area (Å²) < 4.78 is 17.8. The summed E-state index contributed by atoms with van der Waals surface area (Å²) in [7, 11) is 1.53. The van der Waals surface area contributed by atoms with E-state index in [0.29, 0.717) is 54.1 Å². The molecule has 2 aliphatic rings. The van der Waals surface area contributed by atoms with E-state index >= 15 is 0 Å². The third-order valence-corrected chi connectivity index (χ3v) is 8.66. The minimum atomic E-state index is -0.533.